The van der Waals surface area contributed by atoms with Crippen LogP contribution >= 0.6 is 0 Å². The molecule has 0 unspecified atom stereocenters. The highest BCUT2D eigenvalue weighted by Gasteiger charge is 2.16. The van der Waals surface area contributed by atoms with Crippen LogP contribution in [-0.4, -0.2) is 48.2 Å². The second-order valence-corrected chi connectivity index (χ2v) is 4.26. The van der Waals surface area contributed by atoms with Crippen molar-refractivity contribution in [3.05, 3.63) is 29.8 Å². The van der Waals surface area contributed by atoms with E-state index in [2.05, 4.69) is 5.32 Å². The number of para-hydroxylation sites is 1. The van der Waals surface area contributed by atoms with Crippen molar-refractivity contribution in [3.63, 3.8) is 0 Å². The zero-order valence-electron chi connectivity index (χ0n) is 12.0. The van der Waals surface area contributed by atoms with E-state index in [1.54, 1.807) is 31.2 Å². The summed E-state index contributed by atoms with van der Waals surface area (Å²) >= 11 is 0. The van der Waals surface area contributed by atoms with Gasteiger partial charge >= 0.3 is 18.0 Å². The molecule has 1 aromatic carbocycles. The monoisotopic (exact) mass is 294 g/mol. The van der Waals surface area contributed by atoms with E-state index in [4.69, 9.17) is 9.84 Å². The number of ether oxygens (including phenoxy) is 1. The van der Waals surface area contributed by atoms with Gasteiger partial charge in [-0.2, -0.15) is 0 Å². The fourth-order valence-corrected chi connectivity index (χ4v) is 1.55. The first-order valence-electron chi connectivity index (χ1n) is 6.45. The van der Waals surface area contributed by atoms with Gasteiger partial charge in [0.1, 0.15) is 0 Å². The van der Waals surface area contributed by atoms with Crippen molar-refractivity contribution in [1.82, 2.24) is 4.90 Å². The van der Waals surface area contributed by atoms with Crippen LogP contribution in [0.25, 0.3) is 0 Å². The number of carbonyl (C=O) groups is 3. The summed E-state index contributed by atoms with van der Waals surface area (Å²) in [6.45, 7) is 2.00. The Bertz CT molecular complexity index is 530. The molecule has 0 aliphatic carbocycles. The maximum absolute atomic E-state index is 11.9. The lowest BCUT2D eigenvalue weighted by Gasteiger charge is -2.18. The van der Waals surface area contributed by atoms with Crippen LogP contribution in [0.4, 0.5) is 10.5 Å². The Morgan fingerprint density at radius 2 is 1.95 bits per heavy atom. The zero-order chi connectivity index (χ0) is 15.8. The van der Waals surface area contributed by atoms with E-state index in [9.17, 15) is 14.4 Å². The van der Waals surface area contributed by atoms with E-state index in [0.29, 0.717) is 5.69 Å². The van der Waals surface area contributed by atoms with Crippen molar-refractivity contribution < 1.29 is 24.2 Å². The van der Waals surface area contributed by atoms with Crippen molar-refractivity contribution in [1.29, 1.82) is 0 Å². The van der Waals surface area contributed by atoms with E-state index in [1.807, 2.05) is 0 Å². The number of carbonyl (C=O) groups excluding carboxylic acids is 2. The average molecular weight is 294 g/mol. The van der Waals surface area contributed by atoms with Crippen LogP contribution in [0.5, 0.6) is 0 Å². The number of aliphatic carboxylic acids is 1. The van der Waals surface area contributed by atoms with Gasteiger partial charge in [0, 0.05) is 13.6 Å². The molecule has 0 saturated carbocycles. The molecule has 7 nitrogen and oxygen atoms in total. The summed E-state index contributed by atoms with van der Waals surface area (Å²) in [6, 6.07) is 5.97. The standard InChI is InChI=1S/C14H18N2O5/c1-3-21-13(19)10-6-4-5-7-11(10)15-14(20)16(2)9-8-12(17)18/h4-7H,3,8-9H2,1-2H3,(H,15,20)(H,17,18). The number of rotatable bonds is 6. The summed E-state index contributed by atoms with van der Waals surface area (Å²) < 4.78 is 4.91. The molecule has 2 amide bonds. The molecule has 2 N–H and O–H groups in total. The van der Waals surface area contributed by atoms with Crippen LogP contribution in [0.1, 0.15) is 23.7 Å². The molecule has 0 bridgehead atoms. The molecular weight excluding hydrogens is 276 g/mol. The molecule has 1 aromatic rings. The van der Waals surface area contributed by atoms with Crippen molar-refractivity contribution in [2.75, 3.05) is 25.5 Å². The number of hydrogen-bond donors (Lipinski definition) is 2. The van der Waals surface area contributed by atoms with Crippen LogP contribution in [0.2, 0.25) is 0 Å². The number of esters is 1. The molecular formula is C14H18N2O5. The largest absolute Gasteiger partial charge is 0.481 e. The molecule has 0 fully saturated rings. The third-order valence-electron chi connectivity index (χ3n) is 2.67. The Balaban J connectivity index is 2.76. The molecule has 0 saturated heterocycles. The minimum Gasteiger partial charge on any atom is -0.481 e. The van der Waals surface area contributed by atoms with Gasteiger partial charge in [-0.15, -0.1) is 0 Å². The maximum atomic E-state index is 11.9. The number of nitrogens with zero attached hydrogens (tertiary/aromatic N) is 1. The van der Waals surface area contributed by atoms with Crippen molar-refractivity contribution in [3.8, 4) is 0 Å². The molecule has 0 aromatic heterocycles. The first-order chi connectivity index (χ1) is 9.95. The van der Waals surface area contributed by atoms with E-state index in [-0.39, 0.29) is 25.1 Å². The molecule has 7 heteroatoms. The summed E-state index contributed by atoms with van der Waals surface area (Å²) in [6.07, 6.45) is -0.149. The Morgan fingerprint density at radius 1 is 1.29 bits per heavy atom. The Morgan fingerprint density at radius 3 is 2.57 bits per heavy atom. The third kappa shape index (κ3) is 5.13. The predicted molar refractivity (Wildman–Crippen MR) is 76.3 cm³/mol. The predicted octanol–water partition coefficient (Wildman–Crippen LogP) is 1.80. The van der Waals surface area contributed by atoms with Gasteiger partial charge in [0.05, 0.1) is 24.3 Å². The number of carboxylic acid groups (broad SMARTS) is 1. The molecule has 0 spiro atoms. The summed E-state index contributed by atoms with van der Waals surface area (Å²) in [7, 11) is 1.48. The highest BCUT2D eigenvalue weighted by molar-refractivity contribution is 6.00. The Hall–Kier alpha value is -2.57. The second kappa shape index (κ2) is 7.88. The van der Waals surface area contributed by atoms with Crippen LogP contribution < -0.4 is 5.32 Å². The van der Waals surface area contributed by atoms with Crippen LogP contribution in [0.15, 0.2) is 24.3 Å². The Labute approximate surface area is 122 Å². The van der Waals surface area contributed by atoms with Crippen molar-refractivity contribution in [2.45, 2.75) is 13.3 Å². The SMILES string of the molecule is CCOC(=O)c1ccccc1NC(=O)N(C)CCC(=O)O. The Kier molecular flexibility index (Phi) is 6.19. The van der Waals surface area contributed by atoms with Gasteiger partial charge in [0.2, 0.25) is 0 Å². The number of amides is 2. The molecule has 0 heterocycles. The highest BCUT2D eigenvalue weighted by atomic mass is 16.5. The smallest absolute Gasteiger partial charge is 0.340 e. The van der Waals surface area contributed by atoms with Crippen LogP contribution in [0, 0.1) is 0 Å². The molecule has 0 aliphatic heterocycles. The van der Waals surface area contributed by atoms with Gasteiger partial charge in [-0.05, 0) is 19.1 Å². The van der Waals surface area contributed by atoms with Gasteiger partial charge in [-0.25, -0.2) is 9.59 Å². The normalized spacial score (nSPS) is 9.81. The minimum atomic E-state index is -0.985. The van der Waals surface area contributed by atoms with E-state index in [1.165, 1.54) is 11.9 Å². The van der Waals surface area contributed by atoms with Gasteiger partial charge in [0.15, 0.2) is 0 Å². The molecule has 0 atom stereocenters. The lowest BCUT2D eigenvalue weighted by atomic mass is 10.2. The topological polar surface area (TPSA) is 95.9 Å². The molecule has 21 heavy (non-hydrogen) atoms. The number of nitrogens with one attached hydrogen (secondary N) is 1. The first-order valence-corrected chi connectivity index (χ1v) is 6.45. The van der Waals surface area contributed by atoms with Crippen molar-refractivity contribution >= 4 is 23.7 Å². The molecule has 114 valence electrons. The summed E-state index contributed by atoms with van der Waals surface area (Å²) in [5.41, 5.74) is 0.572. The van der Waals surface area contributed by atoms with E-state index >= 15 is 0 Å². The van der Waals surface area contributed by atoms with Gasteiger partial charge < -0.3 is 20.1 Å². The lowest BCUT2D eigenvalue weighted by Crippen LogP contribution is -2.33. The number of hydrogen-bond acceptors (Lipinski definition) is 4. The average Bonchev–Trinajstić information content (AvgIpc) is 2.45. The minimum absolute atomic E-state index is 0.0722. The molecule has 0 aliphatic rings. The first kappa shape index (κ1) is 16.5. The summed E-state index contributed by atoms with van der Waals surface area (Å²) in [5.74, 6) is -1.51. The van der Waals surface area contributed by atoms with Crippen molar-refractivity contribution in [2.24, 2.45) is 0 Å². The number of anilines is 1. The zero-order valence-corrected chi connectivity index (χ0v) is 12.0. The van der Waals surface area contributed by atoms with Gasteiger partial charge in [0.25, 0.3) is 0 Å². The number of urea groups is 1. The summed E-state index contributed by atoms with van der Waals surface area (Å²) in [5, 5.41) is 11.2. The molecule has 1 rings (SSSR count). The van der Waals surface area contributed by atoms with E-state index < -0.39 is 18.0 Å². The third-order valence-corrected chi connectivity index (χ3v) is 2.67. The van der Waals surface area contributed by atoms with Gasteiger partial charge in [-0.3, -0.25) is 4.79 Å². The fraction of sp³-hybridized carbons (Fsp3) is 0.357. The van der Waals surface area contributed by atoms with Crippen LogP contribution in [-0.2, 0) is 9.53 Å². The number of benzene rings is 1. The van der Waals surface area contributed by atoms with Crippen LogP contribution in [0.3, 0.4) is 0 Å². The highest BCUT2D eigenvalue weighted by Crippen LogP contribution is 2.16. The molecule has 0 radical (unpaired) electrons. The van der Waals surface area contributed by atoms with E-state index in [0.717, 1.165) is 0 Å². The lowest BCUT2D eigenvalue weighted by molar-refractivity contribution is -0.137. The number of carboxylic acids is 1. The van der Waals surface area contributed by atoms with Gasteiger partial charge in [-0.1, -0.05) is 12.1 Å². The second-order valence-electron chi connectivity index (χ2n) is 4.26. The quantitative estimate of drug-likeness (QED) is 0.780. The summed E-state index contributed by atoms with van der Waals surface area (Å²) in [4.78, 5) is 35.4. The fourth-order valence-electron chi connectivity index (χ4n) is 1.55. The maximum Gasteiger partial charge on any atom is 0.340 e.